The molecule has 1 atom stereocenters. The summed E-state index contributed by atoms with van der Waals surface area (Å²) >= 11 is 0. The van der Waals surface area contributed by atoms with E-state index in [-0.39, 0.29) is 12.4 Å². The molecule has 1 aromatic rings. The van der Waals surface area contributed by atoms with Gasteiger partial charge in [0.2, 0.25) is 0 Å². The standard InChI is InChI=1S/C14H22O4S/c1-4-13(15)12-7-5-6-8-14(12)18-9-10-19(16,17)11(2)3/h5-8,11,13,15H,4,9-10H2,1-3H3. The minimum atomic E-state index is -3.09. The van der Waals surface area contributed by atoms with Crippen LogP contribution in [-0.4, -0.2) is 31.1 Å². The fourth-order valence-electron chi connectivity index (χ4n) is 1.61. The predicted octanol–water partition coefficient (Wildman–Crippen LogP) is 2.33. The first-order chi connectivity index (χ1) is 8.88. The smallest absolute Gasteiger partial charge is 0.155 e. The number of para-hydroxylation sites is 1. The molecule has 0 bridgehead atoms. The average Bonchev–Trinajstić information content (AvgIpc) is 2.38. The normalized spacial score (nSPS) is 13.5. The van der Waals surface area contributed by atoms with Gasteiger partial charge in [-0.05, 0) is 26.3 Å². The molecule has 0 aromatic heterocycles. The number of aliphatic hydroxyl groups excluding tert-OH is 1. The molecule has 1 unspecified atom stereocenters. The van der Waals surface area contributed by atoms with Crippen LogP contribution >= 0.6 is 0 Å². The number of rotatable bonds is 7. The molecule has 0 fully saturated rings. The average molecular weight is 286 g/mol. The molecular formula is C14H22O4S. The number of benzene rings is 1. The summed E-state index contributed by atoms with van der Waals surface area (Å²) in [6, 6.07) is 7.17. The van der Waals surface area contributed by atoms with Gasteiger partial charge in [0, 0.05) is 5.56 Å². The van der Waals surface area contributed by atoms with Crippen LogP contribution in [-0.2, 0) is 9.84 Å². The lowest BCUT2D eigenvalue weighted by Crippen LogP contribution is -2.22. The lowest BCUT2D eigenvalue weighted by Gasteiger charge is -2.15. The van der Waals surface area contributed by atoms with Crippen molar-refractivity contribution in [3.8, 4) is 5.75 Å². The second-order valence-corrected chi connectivity index (χ2v) is 7.40. The zero-order valence-electron chi connectivity index (χ0n) is 11.7. The van der Waals surface area contributed by atoms with Crippen LogP contribution in [0.15, 0.2) is 24.3 Å². The summed E-state index contributed by atoms with van der Waals surface area (Å²) in [6.45, 7) is 5.30. The molecule has 5 heteroatoms. The molecule has 1 aromatic carbocycles. The monoisotopic (exact) mass is 286 g/mol. The third-order valence-corrected chi connectivity index (χ3v) is 5.18. The minimum absolute atomic E-state index is 0.0127. The number of aliphatic hydroxyl groups is 1. The van der Waals surface area contributed by atoms with Crippen molar-refractivity contribution in [2.24, 2.45) is 0 Å². The van der Waals surface area contributed by atoms with Crippen molar-refractivity contribution in [1.29, 1.82) is 0 Å². The van der Waals surface area contributed by atoms with Gasteiger partial charge in [0.15, 0.2) is 9.84 Å². The predicted molar refractivity (Wildman–Crippen MR) is 76.1 cm³/mol. The maximum atomic E-state index is 11.7. The second-order valence-electron chi connectivity index (χ2n) is 4.73. The van der Waals surface area contributed by atoms with Crippen LogP contribution in [0.25, 0.3) is 0 Å². The quantitative estimate of drug-likeness (QED) is 0.835. The van der Waals surface area contributed by atoms with Crippen LogP contribution in [0.5, 0.6) is 5.75 Å². The molecule has 0 radical (unpaired) electrons. The molecule has 0 amide bonds. The maximum Gasteiger partial charge on any atom is 0.155 e. The van der Waals surface area contributed by atoms with Gasteiger partial charge in [0.1, 0.15) is 12.4 Å². The molecule has 0 aliphatic carbocycles. The van der Waals surface area contributed by atoms with E-state index in [2.05, 4.69) is 0 Å². The van der Waals surface area contributed by atoms with E-state index in [9.17, 15) is 13.5 Å². The largest absolute Gasteiger partial charge is 0.492 e. The van der Waals surface area contributed by atoms with Crippen molar-refractivity contribution in [3.05, 3.63) is 29.8 Å². The fourth-order valence-corrected chi connectivity index (χ4v) is 2.40. The lowest BCUT2D eigenvalue weighted by molar-refractivity contribution is 0.168. The van der Waals surface area contributed by atoms with E-state index in [0.717, 1.165) is 0 Å². The Kier molecular flexibility index (Phi) is 5.82. The van der Waals surface area contributed by atoms with Crippen LogP contribution < -0.4 is 4.74 Å². The van der Waals surface area contributed by atoms with Gasteiger partial charge < -0.3 is 9.84 Å². The highest BCUT2D eigenvalue weighted by atomic mass is 32.2. The Morgan fingerprint density at radius 1 is 1.26 bits per heavy atom. The van der Waals surface area contributed by atoms with Crippen molar-refractivity contribution < 1.29 is 18.3 Å². The highest BCUT2D eigenvalue weighted by Crippen LogP contribution is 2.26. The van der Waals surface area contributed by atoms with Crippen LogP contribution in [0.1, 0.15) is 38.9 Å². The summed E-state index contributed by atoms with van der Waals surface area (Å²) in [4.78, 5) is 0. The molecule has 0 saturated carbocycles. The number of sulfone groups is 1. The van der Waals surface area contributed by atoms with Crippen LogP contribution in [0, 0.1) is 0 Å². The summed E-state index contributed by atoms with van der Waals surface area (Å²) in [6.07, 6.45) is 0.00269. The Bertz CT molecular complexity index is 494. The van der Waals surface area contributed by atoms with E-state index in [1.54, 1.807) is 32.0 Å². The Hall–Kier alpha value is -1.07. The molecule has 0 saturated heterocycles. The van der Waals surface area contributed by atoms with Crippen molar-refractivity contribution in [2.75, 3.05) is 12.4 Å². The number of ether oxygens (including phenoxy) is 1. The molecule has 1 N–H and O–H groups in total. The summed E-state index contributed by atoms with van der Waals surface area (Å²) in [7, 11) is -3.09. The Labute approximate surface area is 115 Å². The Morgan fingerprint density at radius 2 is 1.89 bits per heavy atom. The van der Waals surface area contributed by atoms with E-state index in [0.29, 0.717) is 17.7 Å². The second kappa shape index (κ2) is 6.91. The van der Waals surface area contributed by atoms with Crippen molar-refractivity contribution in [1.82, 2.24) is 0 Å². The Morgan fingerprint density at radius 3 is 2.47 bits per heavy atom. The van der Waals surface area contributed by atoms with Gasteiger partial charge in [-0.1, -0.05) is 25.1 Å². The van der Waals surface area contributed by atoms with Crippen LogP contribution in [0.3, 0.4) is 0 Å². The SMILES string of the molecule is CCC(O)c1ccccc1OCCS(=O)(=O)C(C)C. The van der Waals surface area contributed by atoms with Crippen molar-refractivity contribution in [3.63, 3.8) is 0 Å². The molecule has 0 heterocycles. The van der Waals surface area contributed by atoms with E-state index < -0.39 is 21.2 Å². The number of hydrogen-bond acceptors (Lipinski definition) is 4. The van der Waals surface area contributed by atoms with E-state index >= 15 is 0 Å². The van der Waals surface area contributed by atoms with Gasteiger partial charge in [0.05, 0.1) is 17.1 Å². The zero-order chi connectivity index (χ0) is 14.5. The molecule has 1 rings (SSSR count). The van der Waals surface area contributed by atoms with E-state index in [1.807, 2.05) is 13.0 Å². The third-order valence-electron chi connectivity index (χ3n) is 3.01. The minimum Gasteiger partial charge on any atom is -0.492 e. The molecule has 19 heavy (non-hydrogen) atoms. The first kappa shape index (κ1) is 16.0. The highest BCUT2D eigenvalue weighted by molar-refractivity contribution is 7.91. The fraction of sp³-hybridized carbons (Fsp3) is 0.571. The first-order valence-corrected chi connectivity index (χ1v) is 8.21. The zero-order valence-corrected chi connectivity index (χ0v) is 12.5. The van der Waals surface area contributed by atoms with E-state index in [4.69, 9.17) is 4.74 Å². The van der Waals surface area contributed by atoms with Gasteiger partial charge >= 0.3 is 0 Å². The van der Waals surface area contributed by atoms with Crippen LogP contribution in [0.4, 0.5) is 0 Å². The summed E-state index contributed by atoms with van der Waals surface area (Å²) in [5.41, 5.74) is 0.701. The van der Waals surface area contributed by atoms with Gasteiger partial charge in [0.25, 0.3) is 0 Å². The van der Waals surface area contributed by atoms with Gasteiger partial charge in [-0.25, -0.2) is 8.42 Å². The van der Waals surface area contributed by atoms with Gasteiger partial charge in [-0.2, -0.15) is 0 Å². The molecular weight excluding hydrogens is 264 g/mol. The van der Waals surface area contributed by atoms with Crippen LogP contribution in [0.2, 0.25) is 0 Å². The molecule has 108 valence electrons. The molecule has 0 spiro atoms. The summed E-state index contributed by atoms with van der Waals surface area (Å²) < 4.78 is 28.8. The lowest BCUT2D eigenvalue weighted by atomic mass is 10.1. The molecule has 4 nitrogen and oxygen atoms in total. The van der Waals surface area contributed by atoms with Crippen molar-refractivity contribution >= 4 is 9.84 Å². The topological polar surface area (TPSA) is 63.6 Å². The Balaban J connectivity index is 2.69. The van der Waals surface area contributed by atoms with Gasteiger partial charge in [-0.15, -0.1) is 0 Å². The highest BCUT2D eigenvalue weighted by Gasteiger charge is 2.17. The van der Waals surface area contributed by atoms with Gasteiger partial charge in [-0.3, -0.25) is 0 Å². The van der Waals surface area contributed by atoms with E-state index in [1.165, 1.54) is 0 Å². The summed E-state index contributed by atoms with van der Waals surface area (Å²) in [5, 5.41) is 9.46. The maximum absolute atomic E-state index is 11.7. The first-order valence-electron chi connectivity index (χ1n) is 6.49. The molecule has 0 aliphatic heterocycles. The number of hydrogen-bond donors (Lipinski definition) is 1. The van der Waals surface area contributed by atoms with Crippen molar-refractivity contribution in [2.45, 2.75) is 38.5 Å². The molecule has 0 aliphatic rings. The third kappa shape index (κ3) is 4.51. The summed E-state index contributed by atoms with van der Waals surface area (Å²) in [5.74, 6) is 0.539.